The smallest absolute Gasteiger partial charge is 0.175 e. The number of azide groups is 1. The highest BCUT2D eigenvalue weighted by molar-refractivity contribution is 9.10. The van der Waals surface area contributed by atoms with E-state index in [0.717, 1.165) is 0 Å². The molecule has 1 heterocycles. The predicted octanol–water partition coefficient (Wildman–Crippen LogP) is 4.92. The van der Waals surface area contributed by atoms with Crippen LogP contribution in [0.3, 0.4) is 0 Å². The second kappa shape index (κ2) is 19.0. The number of anilines is 2. The molecule has 0 aliphatic rings. The summed E-state index contributed by atoms with van der Waals surface area (Å²) in [5.74, 6) is -1.57. The average Bonchev–Trinajstić information content (AvgIpc) is 3.32. The number of carbonyl (C=O) groups excluding carboxylic acids is 1. The largest absolute Gasteiger partial charge is 0.394 e. The summed E-state index contributed by atoms with van der Waals surface area (Å²) in [7, 11) is 1.71. The lowest BCUT2D eigenvalue weighted by atomic mass is 10.1. The Kier molecular flexibility index (Phi) is 15.8. The van der Waals surface area contributed by atoms with Crippen molar-refractivity contribution < 1.29 is 37.6 Å². The van der Waals surface area contributed by atoms with Crippen LogP contribution in [0.4, 0.5) is 20.2 Å². The molecule has 15 heteroatoms. The molecular weight excluding hydrogens is 610 g/mol. The number of nitrogens with one attached hydrogen (secondary N) is 1. The maximum Gasteiger partial charge on any atom is 0.175 e. The number of ether oxygens (including phenoxy) is 4. The summed E-state index contributed by atoms with van der Waals surface area (Å²) in [5.41, 5.74) is 8.75. The molecule has 0 atom stereocenters. The third-order valence-corrected chi connectivity index (χ3v) is 5.77. The molecule has 41 heavy (non-hydrogen) atoms. The molecular formula is C26H33BrF2N6O6. The number of aryl methyl sites for hydroxylation is 1. The van der Waals surface area contributed by atoms with Gasteiger partial charge in [-0.3, -0.25) is 4.79 Å². The molecule has 0 unspecified atom stereocenters. The van der Waals surface area contributed by atoms with E-state index in [9.17, 15) is 13.6 Å². The summed E-state index contributed by atoms with van der Waals surface area (Å²) >= 11 is 3.16. The van der Waals surface area contributed by atoms with Crippen molar-refractivity contribution in [2.45, 2.75) is 6.92 Å². The van der Waals surface area contributed by atoms with E-state index in [1.54, 1.807) is 23.7 Å². The van der Waals surface area contributed by atoms with Gasteiger partial charge >= 0.3 is 0 Å². The van der Waals surface area contributed by atoms with Crippen LogP contribution in [-0.2, 0) is 26.0 Å². The van der Waals surface area contributed by atoms with Gasteiger partial charge in [0.25, 0.3) is 0 Å². The van der Waals surface area contributed by atoms with E-state index < -0.39 is 11.6 Å². The number of rotatable bonds is 17. The minimum Gasteiger partial charge on any atom is -0.394 e. The van der Waals surface area contributed by atoms with Gasteiger partial charge in [0.2, 0.25) is 0 Å². The lowest BCUT2D eigenvalue weighted by Crippen LogP contribution is -2.13. The van der Waals surface area contributed by atoms with E-state index >= 15 is 0 Å². The minimum absolute atomic E-state index is 0.0305. The zero-order chi connectivity index (χ0) is 30.0. The quantitative estimate of drug-likeness (QED) is 0.0692. The van der Waals surface area contributed by atoms with Crippen molar-refractivity contribution >= 4 is 44.1 Å². The predicted molar refractivity (Wildman–Crippen MR) is 152 cm³/mol. The Morgan fingerprint density at radius 3 is 2.24 bits per heavy atom. The number of hydrogen-bond acceptors (Lipinski definition) is 9. The fourth-order valence-electron chi connectivity index (χ4n) is 3.33. The SMILES string of the molecule is CC(=O)c1cc2c(ncn2C)c(F)c1Nc1ccc(Br)cc1F.[N-]=[N+]=NCCOCCOCCOCCOCCO. The zero-order valence-electron chi connectivity index (χ0n) is 22.8. The van der Waals surface area contributed by atoms with Crippen molar-refractivity contribution in [2.24, 2.45) is 12.2 Å². The van der Waals surface area contributed by atoms with Gasteiger partial charge in [-0.1, -0.05) is 21.0 Å². The number of ketones is 1. The van der Waals surface area contributed by atoms with Crippen molar-refractivity contribution in [1.29, 1.82) is 0 Å². The van der Waals surface area contributed by atoms with Crippen molar-refractivity contribution in [3.8, 4) is 0 Å². The summed E-state index contributed by atoms with van der Waals surface area (Å²) in [6.45, 7) is 5.38. The molecule has 0 bridgehead atoms. The Labute approximate surface area is 244 Å². The molecule has 224 valence electrons. The number of benzene rings is 2. The van der Waals surface area contributed by atoms with Crippen molar-refractivity contribution in [1.82, 2.24) is 9.55 Å². The summed E-state index contributed by atoms with van der Waals surface area (Å²) < 4.78 is 51.5. The van der Waals surface area contributed by atoms with Gasteiger partial charge in [-0.15, -0.1) is 0 Å². The van der Waals surface area contributed by atoms with Gasteiger partial charge in [0.05, 0.1) is 82.7 Å². The fraction of sp³-hybridized carbons (Fsp3) is 0.462. The molecule has 3 aromatic rings. The van der Waals surface area contributed by atoms with Gasteiger partial charge in [-0.2, -0.15) is 0 Å². The molecule has 0 aliphatic heterocycles. The highest BCUT2D eigenvalue weighted by atomic mass is 79.9. The first kappa shape index (κ1) is 34.0. The van der Waals surface area contributed by atoms with Crippen LogP contribution >= 0.6 is 15.9 Å². The number of fused-ring (bicyclic) bond motifs is 1. The topological polar surface area (TPSA) is 153 Å². The lowest BCUT2D eigenvalue weighted by molar-refractivity contribution is -0.00480. The number of aliphatic hydroxyl groups excluding tert-OH is 1. The third-order valence-electron chi connectivity index (χ3n) is 5.28. The van der Waals surface area contributed by atoms with Gasteiger partial charge in [0, 0.05) is 28.5 Å². The van der Waals surface area contributed by atoms with E-state index in [1.807, 2.05) is 0 Å². The van der Waals surface area contributed by atoms with Gasteiger partial charge in [-0.25, -0.2) is 13.8 Å². The number of carbonyl (C=O) groups is 1. The van der Waals surface area contributed by atoms with E-state index in [2.05, 4.69) is 36.3 Å². The lowest BCUT2D eigenvalue weighted by Gasteiger charge is -2.13. The number of hydrogen-bond donors (Lipinski definition) is 2. The maximum absolute atomic E-state index is 14.8. The van der Waals surface area contributed by atoms with Crippen LogP contribution in [0.25, 0.3) is 21.5 Å². The molecule has 0 amide bonds. The number of halogens is 3. The highest BCUT2D eigenvalue weighted by Crippen LogP contribution is 2.32. The average molecular weight is 643 g/mol. The summed E-state index contributed by atoms with van der Waals surface area (Å²) in [5, 5.41) is 14.4. The molecule has 0 saturated carbocycles. The molecule has 0 spiro atoms. The van der Waals surface area contributed by atoms with Crippen LogP contribution in [-0.4, -0.2) is 86.4 Å². The molecule has 2 N–H and O–H groups in total. The monoisotopic (exact) mass is 642 g/mol. The zero-order valence-corrected chi connectivity index (χ0v) is 24.4. The number of aromatic nitrogens is 2. The summed E-state index contributed by atoms with van der Waals surface area (Å²) in [6.07, 6.45) is 1.46. The second-order valence-electron chi connectivity index (χ2n) is 8.27. The third kappa shape index (κ3) is 11.7. The number of nitrogens with zero attached hydrogens (tertiary/aromatic N) is 5. The Balaban J connectivity index is 0.000000298. The highest BCUT2D eigenvalue weighted by Gasteiger charge is 2.20. The second-order valence-corrected chi connectivity index (χ2v) is 9.18. The van der Waals surface area contributed by atoms with Crippen LogP contribution in [0, 0.1) is 11.6 Å². The first-order valence-corrected chi connectivity index (χ1v) is 13.4. The van der Waals surface area contributed by atoms with Crippen LogP contribution in [0.1, 0.15) is 17.3 Å². The summed E-state index contributed by atoms with van der Waals surface area (Å²) in [6, 6.07) is 5.89. The molecule has 0 saturated heterocycles. The van der Waals surface area contributed by atoms with Gasteiger partial charge in [-0.05, 0) is 36.7 Å². The molecule has 12 nitrogen and oxygen atoms in total. The van der Waals surface area contributed by atoms with Crippen LogP contribution < -0.4 is 5.32 Å². The van der Waals surface area contributed by atoms with Gasteiger partial charge in [0.15, 0.2) is 11.6 Å². The van der Waals surface area contributed by atoms with E-state index in [0.29, 0.717) is 69.4 Å². The van der Waals surface area contributed by atoms with Gasteiger partial charge < -0.3 is 33.9 Å². The van der Waals surface area contributed by atoms with E-state index in [-0.39, 0.29) is 34.8 Å². The van der Waals surface area contributed by atoms with Gasteiger partial charge in [0.1, 0.15) is 11.3 Å². The van der Waals surface area contributed by atoms with Crippen molar-refractivity contribution in [3.63, 3.8) is 0 Å². The van der Waals surface area contributed by atoms with Crippen LogP contribution in [0.5, 0.6) is 0 Å². The van der Waals surface area contributed by atoms with E-state index in [4.69, 9.17) is 29.6 Å². The number of imidazole rings is 1. The molecule has 0 aliphatic carbocycles. The Morgan fingerprint density at radius 2 is 1.68 bits per heavy atom. The van der Waals surface area contributed by atoms with Crippen LogP contribution in [0.2, 0.25) is 0 Å². The molecule has 2 aromatic carbocycles. The van der Waals surface area contributed by atoms with Crippen molar-refractivity contribution in [2.75, 3.05) is 71.3 Å². The molecule has 0 fully saturated rings. The normalized spacial score (nSPS) is 10.7. The Bertz CT molecular complexity index is 1310. The summed E-state index contributed by atoms with van der Waals surface area (Å²) in [4.78, 5) is 18.5. The molecule has 1 aromatic heterocycles. The minimum atomic E-state index is -0.685. The standard InChI is InChI=1S/C16H12BrF2N3O.C10H21N3O5/c1-8(23)10-6-13-16(20-7-22(13)2)14(19)15(10)21-12-4-3-9(17)5-11(12)18;11-13-12-1-3-15-5-7-17-9-10-18-8-6-16-4-2-14/h3-7,21H,1-2H3;14H,1-10H2. The number of Topliss-reactive ketones (excluding diaryl/α,β-unsaturated/α-hetero) is 1. The Hall–Kier alpha value is -3.17. The van der Waals surface area contributed by atoms with Crippen molar-refractivity contribution in [3.05, 3.63) is 62.7 Å². The molecule has 0 radical (unpaired) electrons. The van der Waals surface area contributed by atoms with E-state index in [1.165, 1.54) is 25.4 Å². The fourth-order valence-corrected chi connectivity index (χ4v) is 3.66. The first-order valence-electron chi connectivity index (χ1n) is 12.6. The number of aliphatic hydroxyl groups is 1. The van der Waals surface area contributed by atoms with Crippen LogP contribution in [0.15, 0.2) is 40.2 Å². The maximum atomic E-state index is 14.8. The molecule has 3 rings (SSSR count). The Morgan fingerprint density at radius 1 is 1.07 bits per heavy atom. The first-order chi connectivity index (χ1) is 19.8.